The van der Waals surface area contributed by atoms with Gasteiger partial charge in [-0.05, 0) is 12.1 Å². The summed E-state index contributed by atoms with van der Waals surface area (Å²) in [4.78, 5) is 23.4. The molecule has 0 saturated heterocycles. The highest BCUT2D eigenvalue weighted by atomic mass is 32.2. The second-order valence-electron chi connectivity index (χ2n) is 5.43. The zero-order valence-corrected chi connectivity index (χ0v) is 14.2. The molecule has 25 heavy (non-hydrogen) atoms. The van der Waals surface area contributed by atoms with Crippen molar-refractivity contribution in [2.45, 2.75) is 12.6 Å². The third-order valence-electron chi connectivity index (χ3n) is 3.46. The number of thioether (sulfide) groups is 1. The summed E-state index contributed by atoms with van der Waals surface area (Å²) in [5, 5.41) is 21.9. The van der Waals surface area contributed by atoms with Gasteiger partial charge in [-0.3, -0.25) is 9.78 Å². The Kier molecular flexibility index (Phi) is 5.69. The molecule has 1 unspecified atom stereocenters. The number of aliphatic hydroxyl groups is 2. The van der Waals surface area contributed by atoms with E-state index in [1.165, 1.54) is 18.1 Å². The van der Waals surface area contributed by atoms with Gasteiger partial charge in [0.1, 0.15) is 0 Å². The average Bonchev–Trinajstić information content (AvgIpc) is 2.99. The molecule has 0 saturated carbocycles. The number of para-hydroxylation sites is 1. The Bertz CT molecular complexity index is 880. The molecule has 0 fully saturated rings. The molecule has 0 radical (unpaired) electrons. The second kappa shape index (κ2) is 8.15. The number of aromatic nitrogens is 4. The predicted molar refractivity (Wildman–Crippen MR) is 98.3 cm³/mol. The highest BCUT2D eigenvalue weighted by molar-refractivity contribution is 7.99. The SMILES string of the molecule is O=c1[nH]c(Nc2ccccc2)nc2c1ncn2CC(O)CSCCO. The number of aliphatic hydroxyl groups excluding tert-OH is 2. The van der Waals surface area contributed by atoms with E-state index < -0.39 is 6.10 Å². The molecule has 3 aromatic rings. The lowest BCUT2D eigenvalue weighted by Gasteiger charge is -2.11. The molecule has 0 amide bonds. The first kappa shape index (κ1) is 17.5. The number of rotatable bonds is 8. The van der Waals surface area contributed by atoms with Gasteiger partial charge in [-0.2, -0.15) is 16.7 Å². The van der Waals surface area contributed by atoms with E-state index in [2.05, 4.69) is 20.3 Å². The molecule has 9 heteroatoms. The van der Waals surface area contributed by atoms with Gasteiger partial charge in [-0.15, -0.1) is 0 Å². The molecule has 0 aliphatic carbocycles. The van der Waals surface area contributed by atoms with E-state index in [-0.39, 0.29) is 24.2 Å². The van der Waals surface area contributed by atoms with E-state index in [4.69, 9.17) is 5.11 Å². The molecule has 1 aromatic carbocycles. The Morgan fingerprint density at radius 1 is 1.32 bits per heavy atom. The fraction of sp³-hybridized carbons (Fsp3) is 0.312. The van der Waals surface area contributed by atoms with Crippen LogP contribution in [0.4, 0.5) is 11.6 Å². The summed E-state index contributed by atoms with van der Waals surface area (Å²) in [5.74, 6) is 1.37. The molecule has 0 aliphatic rings. The van der Waals surface area contributed by atoms with Gasteiger partial charge in [-0.25, -0.2) is 4.98 Å². The standard InChI is InChI=1S/C16H19N5O3S/c22-6-7-25-9-12(23)8-21-10-17-13-14(21)19-16(20-15(13)24)18-11-4-2-1-3-5-11/h1-5,10,12,22-23H,6-9H2,(H2,18,19,20,24). The van der Waals surface area contributed by atoms with Crippen LogP contribution < -0.4 is 10.9 Å². The summed E-state index contributed by atoms with van der Waals surface area (Å²) >= 11 is 1.46. The number of fused-ring (bicyclic) bond motifs is 1. The van der Waals surface area contributed by atoms with Crippen molar-refractivity contribution in [3.05, 3.63) is 47.0 Å². The minimum absolute atomic E-state index is 0.0802. The van der Waals surface area contributed by atoms with Gasteiger partial charge in [0.05, 0.1) is 25.6 Å². The van der Waals surface area contributed by atoms with Gasteiger partial charge in [0.2, 0.25) is 5.95 Å². The Balaban J connectivity index is 1.82. The van der Waals surface area contributed by atoms with Gasteiger partial charge >= 0.3 is 0 Å². The number of anilines is 2. The number of hydrogen-bond donors (Lipinski definition) is 4. The summed E-state index contributed by atoms with van der Waals surface area (Å²) in [6.45, 7) is 0.354. The Hall–Kier alpha value is -2.36. The summed E-state index contributed by atoms with van der Waals surface area (Å²) in [7, 11) is 0. The topological polar surface area (TPSA) is 116 Å². The van der Waals surface area contributed by atoms with Crippen molar-refractivity contribution in [3.8, 4) is 0 Å². The van der Waals surface area contributed by atoms with E-state index >= 15 is 0 Å². The first-order valence-electron chi connectivity index (χ1n) is 7.81. The van der Waals surface area contributed by atoms with E-state index in [9.17, 15) is 9.90 Å². The summed E-state index contributed by atoms with van der Waals surface area (Å²) < 4.78 is 1.66. The van der Waals surface area contributed by atoms with Crippen LogP contribution >= 0.6 is 11.8 Å². The normalized spacial score (nSPS) is 12.4. The van der Waals surface area contributed by atoms with Gasteiger partial charge in [0.25, 0.3) is 5.56 Å². The monoisotopic (exact) mass is 361 g/mol. The smallest absolute Gasteiger partial charge is 0.280 e. The third kappa shape index (κ3) is 4.38. The number of hydrogen-bond acceptors (Lipinski definition) is 7. The van der Waals surface area contributed by atoms with E-state index in [1.54, 1.807) is 4.57 Å². The highest BCUT2D eigenvalue weighted by Gasteiger charge is 2.13. The minimum Gasteiger partial charge on any atom is -0.396 e. The number of nitrogens with one attached hydrogen (secondary N) is 2. The number of H-pyrrole nitrogens is 1. The predicted octanol–water partition coefficient (Wildman–Crippen LogP) is 0.950. The van der Waals surface area contributed by atoms with Gasteiger partial charge in [-0.1, -0.05) is 18.2 Å². The van der Waals surface area contributed by atoms with Crippen LogP contribution in [0, 0.1) is 0 Å². The maximum Gasteiger partial charge on any atom is 0.280 e. The zero-order valence-electron chi connectivity index (χ0n) is 13.4. The van der Waals surface area contributed by atoms with Gasteiger partial charge < -0.3 is 20.1 Å². The number of imidazole rings is 1. The molecule has 132 valence electrons. The van der Waals surface area contributed by atoms with Gasteiger partial charge in [0, 0.05) is 17.2 Å². The zero-order chi connectivity index (χ0) is 17.6. The van der Waals surface area contributed by atoms with Crippen molar-refractivity contribution < 1.29 is 10.2 Å². The number of nitrogens with zero attached hydrogens (tertiary/aromatic N) is 3. The van der Waals surface area contributed by atoms with Crippen LogP contribution in [0.5, 0.6) is 0 Å². The van der Waals surface area contributed by atoms with Gasteiger partial charge in [0.15, 0.2) is 11.2 Å². The fourth-order valence-corrected chi connectivity index (χ4v) is 3.04. The minimum atomic E-state index is -0.624. The molecular weight excluding hydrogens is 342 g/mol. The van der Waals surface area contributed by atoms with Crippen LogP contribution in [-0.2, 0) is 6.54 Å². The Labute approximate surface area is 147 Å². The van der Waals surface area contributed by atoms with Crippen molar-refractivity contribution in [2.24, 2.45) is 0 Å². The molecule has 8 nitrogen and oxygen atoms in total. The Morgan fingerprint density at radius 3 is 2.88 bits per heavy atom. The van der Waals surface area contributed by atoms with E-state index in [1.807, 2.05) is 30.3 Å². The van der Waals surface area contributed by atoms with Crippen LogP contribution in [-0.4, -0.2) is 53.9 Å². The maximum atomic E-state index is 12.2. The van der Waals surface area contributed by atoms with Crippen LogP contribution in [0.1, 0.15) is 0 Å². The lowest BCUT2D eigenvalue weighted by molar-refractivity contribution is 0.179. The average molecular weight is 361 g/mol. The van der Waals surface area contributed by atoms with Crippen LogP contribution in [0.3, 0.4) is 0 Å². The summed E-state index contributed by atoms with van der Waals surface area (Å²) in [5.41, 5.74) is 1.10. The van der Waals surface area contributed by atoms with Crippen molar-refractivity contribution in [1.29, 1.82) is 0 Å². The van der Waals surface area contributed by atoms with Crippen molar-refractivity contribution >= 4 is 34.6 Å². The lowest BCUT2D eigenvalue weighted by Crippen LogP contribution is -2.19. The molecule has 2 heterocycles. The first-order valence-corrected chi connectivity index (χ1v) is 8.96. The molecular formula is C16H19N5O3S. The van der Waals surface area contributed by atoms with Crippen LogP contribution in [0.2, 0.25) is 0 Å². The quantitative estimate of drug-likeness (QED) is 0.441. The lowest BCUT2D eigenvalue weighted by atomic mass is 10.3. The molecule has 0 spiro atoms. The first-order chi connectivity index (χ1) is 12.2. The molecule has 3 rings (SSSR count). The van der Waals surface area contributed by atoms with E-state index in [0.717, 1.165) is 5.69 Å². The van der Waals surface area contributed by atoms with E-state index in [0.29, 0.717) is 23.1 Å². The van der Waals surface area contributed by atoms with Crippen molar-refractivity contribution in [2.75, 3.05) is 23.4 Å². The number of benzene rings is 1. The highest BCUT2D eigenvalue weighted by Crippen LogP contribution is 2.14. The molecule has 4 N–H and O–H groups in total. The Morgan fingerprint density at radius 2 is 2.12 bits per heavy atom. The number of aromatic amines is 1. The third-order valence-corrected chi connectivity index (χ3v) is 4.56. The van der Waals surface area contributed by atoms with Crippen molar-refractivity contribution in [3.63, 3.8) is 0 Å². The molecule has 0 aliphatic heterocycles. The fourth-order valence-electron chi connectivity index (χ4n) is 2.37. The largest absolute Gasteiger partial charge is 0.396 e. The summed E-state index contributed by atoms with van der Waals surface area (Å²) in [6.07, 6.45) is 0.875. The van der Waals surface area contributed by atoms with Crippen molar-refractivity contribution in [1.82, 2.24) is 19.5 Å². The summed E-state index contributed by atoms with van der Waals surface area (Å²) in [6, 6.07) is 9.39. The molecule has 0 bridgehead atoms. The van der Waals surface area contributed by atoms with Crippen LogP contribution in [0.15, 0.2) is 41.5 Å². The molecule has 2 aromatic heterocycles. The molecule has 1 atom stereocenters. The second-order valence-corrected chi connectivity index (χ2v) is 6.58. The maximum absolute atomic E-state index is 12.2. The van der Waals surface area contributed by atoms with Crippen LogP contribution in [0.25, 0.3) is 11.2 Å².